The number of halogens is 1. The zero-order valence-electron chi connectivity index (χ0n) is 20.6. The minimum atomic E-state index is -3.97. The van der Waals surface area contributed by atoms with Crippen molar-refractivity contribution in [1.82, 2.24) is 9.29 Å². The molecular weight excluding hydrogens is 517 g/mol. The Morgan fingerprint density at radius 2 is 1.97 bits per heavy atom. The van der Waals surface area contributed by atoms with Gasteiger partial charge in [-0.15, -0.1) is 0 Å². The van der Waals surface area contributed by atoms with Crippen LogP contribution in [0.2, 0.25) is 0 Å². The molecule has 1 atom stereocenters. The SMILES string of the molecule is CCOc1cccc2sc(N(CC3CCCO3)C(=O)C3CCN(S(=O)(=O)c4ccccc4F)CC3)nc12. The summed E-state index contributed by atoms with van der Waals surface area (Å²) < 4.78 is 54.0. The quantitative estimate of drug-likeness (QED) is 0.414. The Morgan fingerprint density at radius 1 is 1.19 bits per heavy atom. The van der Waals surface area contributed by atoms with Crippen molar-refractivity contribution in [3.63, 3.8) is 0 Å². The zero-order valence-corrected chi connectivity index (χ0v) is 22.3. The predicted molar refractivity (Wildman–Crippen MR) is 140 cm³/mol. The molecule has 3 heterocycles. The number of thiazole rings is 1. The van der Waals surface area contributed by atoms with Gasteiger partial charge in [-0.1, -0.05) is 29.5 Å². The van der Waals surface area contributed by atoms with Crippen LogP contribution in [0.5, 0.6) is 5.75 Å². The molecule has 0 bridgehead atoms. The number of amides is 1. The average Bonchev–Trinajstić information content (AvgIpc) is 3.58. The summed E-state index contributed by atoms with van der Waals surface area (Å²) in [5.41, 5.74) is 0.722. The lowest BCUT2D eigenvalue weighted by Crippen LogP contribution is -2.46. The third kappa shape index (κ3) is 5.36. The summed E-state index contributed by atoms with van der Waals surface area (Å²) in [5.74, 6) is -0.549. The summed E-state index contributed by atoms with van der Waals surface area (Å²) in [6.07, 6.45) is 2.46. The number of benzene rings is 2. The van der Waals surface area contributed by atoms with E-state index in [4.69, 9.17) is 14.5 Å². The number of hydrogen-bond acceptors (Lipinski definition) is 7. The molecular formula is C26H30FN3O5S2. The van der Waals surface area contributed by atoms with Crippen LogP contribution in [0.15, 0.2) is 47.4 Å². The Balaban J connectivity index is 1.36. The van der Waals surface area contributed by atoms with Crippen LogP contribution in [-0.2, 0) is 19.6 Å². The van der Waals surface area contributed by atoms with Gasteiger partial charge in [-0.3, -0.25) is 9.69 Å². The summed E-state index contributed by atoms with van der Waals surface area (Å²) in [5, 5.41) is 0.587. The van der Waals surface area contributed by atoms with Crippen LogP contribution >= 0.6 is 11.3 Å². The van der Waals surface area contributed by atoms with E-state index in [1.165, 1.54) is 33.8 Å². The van der Waals surface area contributed by atoms with Crippen LogP contribution in [0.3, 0.4) is 0 Å². The number of sulfonamides is 1. The van der Waals surface area contributed by atoms with E-state index >= 15 is 0 Å². The number of carbonyl (C=O) groups excluding carboxylic acids is 1. The van der Waals surface area contributed by atoms with Crippen molar-refractivity contribution >= 4 is 42.6 Å². The molecule has 2 aliphatic rings. The van der Waals surface area contributed by atoms with Crippen molar-refractivity contribution in [2.45, 2.75) is 43.6 Å². The topological polar surface area (TPSA) is 89.0 Å². The molecule has 0 saturated carbocycles. The molecule has 0 N–H and O–H groups in total. The van der Waals surface area contributed by atoms with Crippen LogP contribution < -0.4 is 9.64 Å². The van der Waals surface area contributed by atoms with Crippen LogP contribution in [-0.4, -0.2) is 62.6 Å². The number of para-hydroxylation sites is 1. The maximum absolute atomic E-state index is 14.2. The Labute approximate surface area is 220 Å². The Kier molecular flexibility index (Phi) is 7.75. The van der Waals surface area contributed by atoms with Crippen LogP contribution in [0, 0.1) is 11.7 Å². The number of carbonyl (C=O) groups is 1. The van der Waals surface area contributed by atoms with Crippen molar-refractivity contribution in [1.29, 1.82) is 0 Å². The fraction of sp³-hybridized carbons (Fsp3) is 0.462. The summed E-state index contributed by atoms with van der Waals surface area (Å²) in [7, 11) is -3.97. The fourth-order valence-corrected chi connectivity index (χ4v) is 7.44. The number of hydrogen-bond donors (Lipinski definition) is 0. The second-order valence-electron chi connectivity index (χ2n) is 9.22. The maximum atomic E-state index is 14.2. The van der Waals surface area contributed by atoms with Crippen LogP contribution in [0.1, 0.15) is 32.6 Å². The molecule has 2 aromatic carbocycles. The number of piperidine rings is 1. The maximum Gasteiger partial charge on any atom is 0.245 e. The second kappa shape index (κ2) is 11.0. The summed E-state index contributed by atoms with van der Waals surface area (Å²) in [6, 6.07) is 11.1. The fourth-order valence-electron chi connectivity index (χ4n) is 4.91. The lowest BCUT2D eigenvalue weighted by molar-refractivity contribution is -0.123. The van der Waals surface area contributed by atoms with Gasteiger partial charge in [0.25, 0.3) is 0 Å². The first-order valence-corrected chi connectivity index (χ1v) is 14.8. The lowest BCUT2D eigenvalue weighted by atomic mass is 9.96. The van der Waals surface area contributed by atoms with Gasteiger partial charge in [0.2, 0.25) is 15.9 Å². The summed E-state index contributed by atoms with van der Waals surface area (Å²) in [4.78, 5) is 20.0. The molecule has 37 heavy (non-hydrogen) atoms. The number of nitrogens with zero attached hydrogens (tertiary/aromatic N) is 3. The number of fused-ring (bicyclic) bond motifs is 1. The van der Waals surface area contributed by atoms with Crippen molar-refractivity contribution in [3.8, 4) is 5.75 Å². The van der Waals surface area contributed by atoms with Gasteiger partial charge in [-0.05, 0) is 56.9 Å². The third-order valence-corrected chi connectivity index (χ3v) is 9.81. The van der Waals surface area contributed by atoms with Gasteiger partial charge in [0.15, 0.2) is 5.13 Å². The molecule has 5 rings (SSSR count). The van der Waals surface area contributed by atoms with Crippen LogP contribution in [0.25, 0.3) is 10.2 Å². The molecule has 198 valence electrons. The molecule has 1 unspecified atom stereocenters. The first kappa shape index (κ1) is 26.0. The second-order valence-corrected chi connectivity index (χ2v) is 12.1. The van der Waals surface area contributed by atoms with Gasteiger partial charge in [0.1, 0.15) is 22.0 Å². The van der Waals surface area contributed by atoms with Crippen molar-refractivity contribution in [2.24, 2.45) is 5.92 Å². The minimum Gasteiger partial charge on any atom is -0.492 e. The monoisotopic (exact) mass is 547 g/mol. The first-order chi connectivity index (χ1) is 17.9. The number of aromatic nitrogens is 1. The van der Waals surface area contributed by atoms with Gasteiger partial charge in [0, 0.05) is 25.6 Å². The molecule has 8 nitrogen and oxygen atoms in total. The van der Waals surface area contributed by atoms with Crippen LogP contribution in [0.4, 0.5) is 9.52 Å². The molecule has 1 aromatic heterocycles. The standard InChI is InChI=1S/C26H30FN3O5S2/c1-2-34-21-9-5-10-22-24(21)28-26(36-22)30(17-19-7-6-16-35-19)25(31)18-12-14-29(15-13-18)37(32,33)23-11-4-3-8-20(23)27/h3-5,8-11,18-19H,2,6-7,12-17H2,1H3. The van der Waals surface area contributed by atoms with Crippen molar-refractivity contribution in [2.75, 3.05) is 37.7 Å². The highest BCUT2D eigenvalue weighted by Crippen LogP contribution is 2.36. The number of rotatable bonds is 8. The summed E-state index contributed by atoms with van der Waals surface area (Å²) >= 11 is 1.44. The van der Waals surface area contributed by atoms with E-state index in [0.717, 1.165) is 29.1 Å². The molecule has 2 aliphatic heterocycles. The Hall–Kier alpha value is -2.60. The Bertz CT molecular complexity index is 1370. The average molecular weight is 548 g/mol. The molecule has 0 aliphatic carbocycles. The number of anilines is 1. The highest BCUT2D eigenvalue weighted by atomic mass is 32.2. The molecule has 3 aromatic rings. The van der Waals surface area contributed by atoms with E-state index in [-0.39, 0.29) is 35.9 Å². The molecule has 2 fully saturated rings. The van der Waals surface area contributed by atoms with Gasteiger partial charge < -0.3 is 9.47 Å². The Morgan fingerprint density at radius 3 is 2.68 bits per heavy atom. The van der Waals surface area contributed by atoms with Gasteiger partial charge in [-0.25, -0.2) is 17.8 Å². The zero-order chi connectivity index (χ0) is 26.0. The highest BCUT2D eigenvalue weighted by Gasteiger charge is 2.37. The molecule has 2 saturated heterocycles. The molecule has 11 heteroatoms. The minimum absolute atomic E-state index is 0.0659. The first-order valence-electron chi connectivity index (χ1n) is 12.6. The summed E-state index contributed by atoms with van der Waals surface area (Å²) in [6.45, 7) is 3.80. The molecule has 0 spiro atoms. The largest absolute Gasteiger partial charge is 0.492 e. The van der Waals surface area contributed by atoms with Crippen molar-refractivity contribution < 1.29 is 27.1 Å². The predicted octanol–water partition coefficient (Wildman–Crippen LogP) is 4.45. The third-order valence-electron chi connectivity index (χ3n) is 6.84. The van der Waals surface area contributed by atoms with E-state index in [9.17, 15) is 17.6 Å². The van der Waals surface area contributed by atoms with E-state index in [1.807, 2.05) is 25.1 Å². The van der Waals surface area contributed by atoms with E-state index in [1.54, 1.807) is 4.90 Å². The highest BCUT2D eigenvalue weighted by molar-refractivity contribution is 7.89. The molecule has 0 radical (unpaired) electrons. The van der Waals surface area contributed by atoms with E-state index in [0.29, 0.717) is 43.5 Å². The van der Waals surface area contributed by atoms with Crippen molar-refractivity contribution in [3.05, 3.63) is 48.3 Å². The molecule has 1 amide bonds. The van der Waals surface area contributed by atoms with Gasteiger partial charge >= 0.3 is 0 Å². The van der Waals surface area contributed by atoms with E-state index in [2.05, 4.69) is 0 Å². The number of ether oxygens (including phenoxy) is 2. The smallest absolute Gasteiger partial charge is 0.245 e. The van der Waals surface area contributed by atoms with E-state index < -0.39 is 15.8 Å². The lowest BCUT2D eigenvalue weighted by Gasteiger charge is -2.33. The van der Waals surface area contributed by atoms with Gasteiger partial charge in [-0.2, -0.15) is 4.31 Å². The normalized spacial score (nSPS) is 19.4. The van der Waals surface area contributed by atoms with Gasteiger partial charge in [0.05, 0.1) is 24.0 Å².